The maximum atomic E-state index is 13.1. The number of hydrogen-bond donors (Lipinski definition) is 1. The molecule has 1 heterocycles. The Labute approximate surface area is 199 Å². The molecule has 0 saturated heterocycles. The number of hydrogen-bond acceptors (Lipinski definition) is 4. The molecule has 3 aromatic rings. The largest absolute Gasteiger partial charge is 0.416 e. The van der Waals surface area contributed by atoms with Crippen molar-refractivity contribution in [3.05, 3.63) is 77.4 Å². The van der Waals surface area contributed by atoms with Crippen LogP contribution < -0.4 is 9.62 Å². The fourth-order valence-electron chi connectivity index (χ4n) is 3.92. The predicted octanol–water partition coefficient (Wildman–Crippen LogP) is 5.31. The lowest BCUT2D eigenvalue weighted by molar-refractivity contribution is -0.137. The van der Waals surface area contributed by atoms with Gasteiger partial charge < -0.3 is 4.90 Å². The summed E-state index contributed by atoms with van der Waals surface area (Å²) in [4.78, 5) is 3.24. The summed E-state index contributed by atoms with van der Waals surface area (Å²) in [6, 6.07) is 14.6. The first-order chi connectivity index (χ1) is 16.0. The Balaban J connectivity index is 1.51. The van der Waals surface area contributed by atoms with E-state index in [-0.39, 0.29) is 11.4 Å². The van der Waals surface area contributed by atoms with Gasteiger partial charge >= 0.3 is 6.18 Å². The van der Waals surface area contributed by atoms with Gasteiger partial charge in [-0.3, -0.25) is 0 Å². The molecule has 0 aromatic heterocycles. The maximum Gasteiger partial charge on any atom is 0.416 e. The quantitative estimate of drug-likeness (QED) is 0.459. The molecule has 4 rings (SSSR count). The van der Waals surface area contributed by atoms with Gasteiger partial charge in [0.15, 0.2) is 0 Å². The Morgan fingerprint density at radius 1 is 0.941 bits per heavy atom. The fourth-order valence-corrected chi connectivity index (χ4v) is 6.43. The Kier molecular flexibility index (Phi) is 6.58. The van der Waals surface area contributed by atoms with Crippen LogP contribution in [0.15, 0.2) is 75.4 Å². The second kappa shape index (κ2) is 9.16. The molecule has 180 valence electrons. The molecule has 34 heavy (non-hydrogen) atoms. The van der Waals surface area contributed by atoms with Crippen molar-refractivity contribution in [2.24, 2.45) is 0 Å². The molecule has 0 saturated carbocycles. The lowest BCUT2D eigenvalue weighted by atomic mass is 10.1. The topological polar surface area (TPSA) is 66.5 Å². The van der Waals surface area contributed by atoms with Crippen LogP contribution in [0.3, 0.4) is 0 Å². The summed E-state index contributed by atoms with van der Waals surface area (Å²) in [5, 5.41) is 0. The van der Waals surface area contributed by atoms with E-state index in [1.165, 1.54) is 0 Å². The lowest BCUT2D eigenvalue weighted by Crippen LogP contribution is -2.30. The molecule has 1 aliphatic rings. The summed E-state index contributed by atoms with van der Waals surface area (Å²) in [6.45, 7) is 4.50. The second-order valence-electron chi connectivity index (χ2n) is 8.02. The van der Waals surface area contributed by atoms with E-state index in [9.17, 15) is 25.8 Å². The first-order valence-electron chi connectivity index (χ1n) is 10.6. The van der Waals surface area contributed by atoms with Crippen molar-refractivity contribution in [1.29, 1.82) is 0 Å². The van der Waals surface area contributed by atoms with Crippen molar-refractivity contribution in [3.63, 3.8) is 0 Å². The number of rotatable bonds is 6. The Bertz CT molecular complexity index is 1350. The van der Waals surface area contributed by atoms with Crippen LogP contribution in [0.2, 0.25) is 0 Å². The van der Waals surface area contributed by atoms with Gasteiger partial charge in [-0.05, 0) is 73.9 Å². The number of halogens is 3. The highest BCUT2D eigenvalue weighted by molar-refractivity contribution is 7.89. The number of nitrogens with zero attached hydrogens (tertiary/aromatic N) is 1. The monoisotopic (exact) mass is 508 g/mol. The van der Waals surface area contributed by atoms with Crippen LogP contribution in [-0.2, 0) is 27.0 Å². The molecule has 0 fully saturated rings. The van der Waals surface area contributed by atoms with E-state index in [0.29, 0.717) is 22.8 Å². The van der Waals surface area contributed by atoms with E-state index in [1.54, 1.807) is 0 Å². The molecule has 5 nitrogen and oxygen atoms in total. The van der Waals surface area contributed by atoms with Crippen LogP contribution in [0.25, 0.3) is 0 Å². The highest BCUT2D eigenvalue weighted by atomic mass is 32.2. The summed E-state index contributed by atoms with van der Waals surface area (Å²) < 4.78 is 78.9. The highest BCUT2D eigenvalue weighted by Crippen LogP contribution is 2.44. The third-order valence-corrected chi connectivity index (χ3v) is 8.78. The first-order valence-corrected chi connectivity index (χ1v) is 13.2. The van der Waals surface area contributed by atoms with E-state index in [2.05, 4.69) is 9.62 Å². The van der Waals surface area contributed by atoms with Gasteiger partial charge in [0.25, 0.3) is 0 Å². The van der Waals surface area contributed by atoms with Crippen LogP contribution >= 0.6 is 0 Å². The summed E-state index contributed by atoms with van der Waals surface area (Å²) in [6.07, 6.45) is -4.11. The van der Waals surface area contributed by atoms with Gasteiger partial charge in [-0.2, -0.15) is 13.2 Å². The molecular weight excluding hydrogens is 485 g/mol. The van der Waals surface area contributed by atoms with Crippen molar-refractivity contribution in [1.82, 2.24) is 4.72 Å². The van der Waals surface area contributed by atoms with Gasteiger partial charge in [0.2, 0.25) is 10.0 Å². The van der Waals surface area contributed by atoms with Crippen LogP contribution in [-0.4, -0.2) is 25.7 Å². The molecule has 0 aliphatic carbocycles. The number of alkyl halides is 3. The lowest BCUT2D eigenvalue weighted by Gasteiger charge is -2.34. The number of fused-ring (bicyclic) bond motifs is 2. The van der Waals surface area contributed by atoms with E-state index in [0.717, 1.165) is 46.8 Å². The van der Waals surface area contributed by atoms with Crippen LogP contribution in [0.5, 0.6) is 0 Å². The molecule has 0 bridgehead atoms. The van der Waals surface area contributed by atoms with Gasteiger partial charge in [-0.1, -0.05) is 18.2 Å². The van der Waals surface area contributed by atoms with Gasteiger partial charge in [0, 0.05) is 13.1 Å². The zero-order chi connectivity index (χ0) is 24.7. The summed E-state index contributed by atoms with van der Waals surface area (Å²) in [7, 11) is -5.27. The van der Waals surface area contributed by atoms with E-state index >= 15 is 0 Å². The summed E-state index contributed by atoms with van der Waals surface area (Å²) >= 11 is 0. The van der Waals surface area contributed by atoms with E-state index in [1.807, 2.05) is 50.2 Å². The van der Waals surface area contributed by atoms with Crippen LogP contribution in [0.4, 0.5) is 24.5 Å². The molecule has 0 radical (unpaired) electrons. The molecule has 1 N–H and O–H groups in total. The van der Waals surface area contributed by atoms with Crippen molar-refractivity contribution in [3.8, 4) is 0 Å². The molecule has 3 aromatic carbocycles. The first kappa shape index (κ1) is 24.4. The van der Waals surface area contributed by atoms with Crippen molar-refractivity contribution < 1.29 is 25.8 Å². The molecular formula is C24H23F3N2O3S2. The van der Waals surface area contributed by atoms with E-state index in [4.69, 9.17) is 0 Å². The normalized spacial score (nSPS) is 15.7. The Morgan fingerprint density at radius 2 is 1.62 bits per heavy atom. The summed E-state index contributed by atoms with van der Waals surface area (Å²) in [5.74, 6) is 0. The summed E-state index contributed by atoms with van der Waals surface area (Å²) in [5.41, 5.74) is 2.83. The average molecular weight is 509 g/mol. The standard InChI is InChI=1S/C24H23F3N2O3S2/c1-16-8-13-22-23(17(16)2)29(20-6-3-4-7-21(20)33(22)30)15-5-14-28-34(31,32)19-11-9-18(10-12-19)24(25,26)27/h3-4,6-13,28H,5,14-15H2,1-2H3. The van der Waals surface area contributed by atoms with Gasteiger partial charge in [0.05, 0.1) is 42.4 Å². The van der Waals surface area contributed by atoms with Crippen molar-refractivity contribution in [2.45, 2.75) is 41.1 Å². The molecule has 1 aliphatic heterocycles. The number of nitrogens with one attached hydrogen (secondary N) is 1. The fraction of sp³-hybridized carbons (Fsp3) is 0.250. The third-order valence-electron chi connectivity index (χ3n) is 5.83. The van der Waals surface area contributed by atoms with Gasteiger partial charge in [0.1, 0.15) is 0 Å². The number of sulfonamides is 1. The molecule has 10 heteroatoms. The smallest absolute Gasteiger partial charge is 0.339 e. The number of benzene rings is 3. The van der Waals surface area contributed by atoms with Crippen molar-refractivity contribution in [2.75, 3.05) is 18.0 Å². The van der Waals surface area contributed by atoms with Gasteiger partial charge in [-0.15, -0.1) is 0 Å². The SMILES string of the molecule is Cc1ccc2c(c1C)N(CCCNS(=O)(=O)c1ccc(C(F)(F)F)cc1)c1ccccc1S2=O. The molecule has 1 atom stereocenters. The number of anilines is 2. The zero-order valence-electron chi connectivity index (χ0n) is 18.5. The zero-order valence-corrected chi connectivity index (χ0v) is 20.2. The highest BCUT2D eigenvalue weighted by Gasteiger charge is 2.31. The number of para-hydroxylation sites is 1. The third kappa shape index (κ3) is 4.62. The molecule has 0 spiro atoms. The predicted molar refractivity (Wildman–Crippen MR) is 125 cm³/mol. The average Bonchev–Trinajstić information content (AvgIpc) is 2.80. The Hall–Kier alpha value is -2.69. The van der Waals surface area contributed by atoms with Gasteiger partial charge in [-0.25, -0.2) is 17.3 Å². The minimum absolute atomic E-state index is 0.0886. The van der Waals surface area contributed by atoms with Crippen molar-refractivity contribution >= 4 is 32.2 Å². The minimum Gasteiger partial charge on any atom is -0.339 e. The number of aryl methyl sites for hydroxylation is 1. The molecule has 1 unspecified atom stereocenters. The minimum atomic E-state index is -4.53. The second-order valence-corrected chi connectivity index (χ2v) is 11.2. The van der Waals surface area contributed by atoms with Crippen LogP contribution in [0, 0.1) is 13.8 Å². The van der Waals surface area contributed by atoms with E-state index < -0.39 is 32.6 Å². The maximum absolute atomic E-state index is 13.1. The van der Waals surface area contributed by atoms with Crippen LogP contribution in [0.1, 0.15) is 23.1 Å². The Morgan fingerprint density at radius 3 is 2.29 bits per heavy atom. The molecule has 0 amide bonds.